The van der Waals surface area contributed by atoms with Gasteiger partial charge in [0, 0.05) is 31.2 Å². The number of piperidine rings is 1. The van der Waals surface area contributed by atoms with Crippen LogP contribution in [0.2, 0.25) is 0 Å². The molecule has 1 atom stereocenters. The number of morpholine rings is 1. The molecule has 100 valence electrons. The molecule has 2 aliphatic heterocycles. The SMILES string of the molecule is CN1CCC[C@]2(C1)CN(Cc1nccs1)CCO2. The summed E-state index contributed by atoms with van der Waals surface area (Å²) in [6, 6.07) is 0. The zero-order valence-corrected chi connectivity index (χ0v) is 11.8. The summed E-state index contributed by atoms with van der Waals surface area (Å²) in [4.78, 5) is 9.29. The molecule has 18 heavy (non-hydrogen) atoms. The Kier molecular flexibility index (Phi) is 3.66. The zero-order chi connectivity index (χ0) is 12.4. The number of hydrogen-bond acceptors (Lipinski definition) is 5. The standard InChI is InChI=1S/C13H21N3OS/c1-15-5-2-3-13(10-15)11-16(6-7-17-13)9-12-14-4-8-18-12/h4,8H,2-3,5-7,9-11H2,1H3/t13-/m0/s1. The van der Waals surface area contributed by atoms with Gasteiger partial charge < -0.3 is 9.64 Å². The molecule has 0 aliphatic carbocycles. The Balaban J connectivity index is 1.64. The second-order valence-corrected chi connectivity index (χ2v) is 6.49. The first-order valence-corrected chi connectivity index (χ1v) is 7.57. The van der Waals surface area contributed by atoms with Crippen molar-refractivity contribution < 1.29 is 4.74 Å². The molecule has 1 spiro atoms. The maximum absolute atomic E-state index is 6.13. The van der Waals surface area contributed by atoms with Gasteiger partial charge in [-0.25, -0.2) is 4.98 Å². The summed E-state index contributed by atoms with van der Waals surface area (Å²) in [6.45, 7) is 6.20. The molecule has 1 aromatic heterocycles. The van der Waals surface area contributed by atoms with E-state index in [1.807, 2.05) is 6.20 Å². The number of nitrogens with zero attached hydrogens (tertiary/aromatic N) is 3. The first kappa shape index (κ1) is 12.5. The maximum atomic E-state index is 6.13. The molecule has 3 heterocycles. The highest BCUT2D eigenvalue weighted by Gasteiger charge is 2.39. The highest BCUT2D eigenvalue weighted by atomic mass is 32.1. The van der Waals surface area contributed by atoms with Crippen LogP contribution in [0.4, 0.5) is 0 Å². The summed E-state index contributed by atoms with van der Waals surface area (Å²) in [5.74, 6) is 0. The Bertz CT molecular complexity index is 380. The van der Waals surface area contributed by atoms with Crippen LogP contribution in [0.1, 0.15) is 17.8 Å². The van der Waals surface area contributed by atoms with E-state index in [1.165, 1.54) is 24.4 Å². The first-order chi connectivity index (χ1) is 8.76. The predicted molar refractivity (Wildman–Crippen MR) is 72.8 cm³/mol. The number of likely N-dealkylation sites (N-methyl/N-ethyl adjacent to an activating group) is 1. The van der Waals surface area contributed by atoms with Crippen LogP contribution in [0, 0.1) is 0 Å². The average Bonchev–Trinajstić information content (AvgIpc) is 2.81. The zero-order valence-electron chi connectivity index (χ0n) is 11.0. The third-order valence-electron chi connectivity index (χ3n) is 3.90. The molecule has 2 saturated heterocycles. The first-order valence-electron chi connectivity index (χ1n) is 6.69. The predicted octanol–water partition coefficient (Wildman–Crippen LogP) is 1.44. The van der Waals surface area contributed by atoms with Crippen molar-refractivity contribution in [2.45, 2.75) is 25.0 Å². The van der Waals surface area contributed by atoms with Gasteiger partial charge in [0.05, 0.1) is 18.8 Å². The fraction of sp³-hybridized carbons (Fsp3) is 0.769. The summed E-state index contributed by atoms with van der Waals surface area (Å²) in [6.07, 6.45) is 4.35. The van der Waals surface area contributed by atoms with Gasteiger partial charge in [0.15, 0.2) is 0 Å². The van der Waals surface area contributed by atoms with Crippen LogP contribution in [0.25, 0.3) is 0 Å². The monoisotopic (exact) mass is 267 g/mol. The lowest BCUT2D eigenvalue weighted by atomic mass is 9.91. The number of thiazole rings is 1. The normalized spacial score (nSPS) is 30.9. The van der Waals surface area contributed by atoms with Crippen LogP contribution in [0.3, 0.4) is 0 Å². The minimum absolute atomic E-state index is 0.0719. The molecule has 0 aromatic carbocycles. The Labute approximate surface area is 113 Å². The lowest BCUT2D eigenvalue weighted by Crippen LogP contribution is -2.58. The van der Waals surface area contributed by atoms with Crippen LogP contribution in [-0.4, -0.2) is 60.2 Å². The van der Waals surface area contributed by atoms with E-state index in [0.717, 1.165) is 32.8 Å². The van der Waals surface area contributed by atoms with Crippen molar-refractivity contribution in [2.75, 3.05) is 39.8 Å². The molecule has 4 nitrogen and oxygen atoms in total. The molecule has 0 unspecified atom stereocenters. The van der Waals surface area contributed by atoms with E-state index < -0.39 is 0 Å². The van der Waals surface area contributed by atoms with Crippen molar-refractivity contribution in [3.63, 3.8) is 0 Å². The van der Waals surface area contributed by atoms with Gasteiger partial charge in [-0.15, -0.1) is 11.3 Å². The fourth-order valence-corrected chi connectivity index (χ4v) is 3.81. The maximum Gasteiger partial charge on any atom is 0.107 e. The van der Waals surface area contributed by atoms with E-state index in [4.69, 9.17) is 4.74 Å². The van der Waals surface area contributed by atoms with Crippen LogP contribution >= 0.6 is 11.3 Å². The minimum Gasteiger partial charge on any atom is -0.371 e. The topological polar surface area (TPSA) is 28.6 Å². The Morgan fingerprint density at radius 2 is 2.39 bits per heavy atom. The van der Waals surface area contributed by atoms with Gasteiger partial charge in [0.2, 0.25) is 0 Å². The highest BCUT2D eigenvalue weighted by molar-refractivity contribution is 7.09. The van der Waals surface area contributed by atoms with Crippen molar-refractivity contribution in [1.82, 2.24) is 14.8 Å². The van der Waals surface area contributed by atoms with Gasteiger partial charge in [-0.05, 0) is 26.4 Å². The van der Waals surface area contributed by atoms with Gasteiger partial charge >= 0.3 is 0 Å². The summed E-state index contributed by atoms with van der Waals surface area (Å²) in [7, 11) is 2.20. The fourth-order valence-electron chi connectivity index (χ4n) is 3.15. The number of ether oxygens (including phenoxy) is 1. The second kappa shape index (κ2) is 5.25. The van der Waals surface area contributed by atoms with Gasteiger partial charge in [0.1, 0.15) is 5.01 Å². The van der Waals surface area contributed by atoms with Crippen LogP contribution < -0.4 is 0 Å². The van der Waals surface area contributed by atoms with E-state index in [0.29, 0.717) is 0 Å². The molecule has 0 amide bonds. The lowest BCUT2D eigenvalue weighted by Gasteiger charge is -2.47. The second-order valence-electron chi connectivity index (χ2n) is 5.51. The number of rotatable bonds is 2. The molecule has 2 fully saturated rings. The van der Waals surface area contributed by atoms with E-state index in [-0.39, 0.29) is 5.60 Å². The Morgan fingerprint density at radius 3 is 3.17 bits per heavy atom. The van der Waals surface area contributed by atoms with E-state index in [2.05, 4.69) is 27.2 Å². The molecule has 1 aromatic rings. The molecule has 3 rings (SSSR count). The molecule has 5 heteroatoms. The summed E-state index contributed by atoms with van der Waals surface area (Å²) in [5, 5.41) is 3.27. The van der Waals surface area contributed by atoms with Crippen LogP contribution in [0.5, 0.6) is 0 Å². The van der Waals surface area contributed by atoms with Crippen molar-refractivity contribution in [3.05, 3.63) is 16.6 Å². The van der Waals surface area contributed by atoms with Crippen molar-refractivity contribution >= 4 is 11.3 Å². The van der Waals surface area contributed by atoms with Gasteiger partial charge in [-0.2, -0.15) is 0 Å². The minimum atomic E-state index is 0.0719. The molecule has 2 aliphatic rings. The molecule has 0 saturated carbocycles. The third-order valence-corrected chi connectivity index (χ3v) is 4.66. The molecule has 0 radical (unpaired) electrons. The van der Waals surface area contributed by atoms with Crippen molar-refractivity contribution in [3.8, 4) is 0 Å². The van der Waals surface area contributed by atoms with Crippen LogP contribution in [-0.2, 0) is 11.3 Å². The largest absolute Gasteiger partial charge is 0.371 e. The quantitative estimate of drug-likeness (QED) is 0.811. The molecular weight excluding hydrogens is 246 g/mol. The number of hydrogen-bond donors (Lipinski definition) is 0. The van der Waals surface area contributed by atoms with Crippen molar-refractivity contribution in [1.29, 1.82) is 0 Å². The highest BCUT2D eigenvalue weighted by Crippen LogP contribution is 2.29. The molecule has 0 N–H and O–H groups in total. The smallest absolute Gasteiger partial charge is 0.107 e. The van der Waals surface area contributed by atoms with Crippen molar-refractivity contribution in [2.24, 2.45) is 0 Å². The van der Waals surface area contributed by atoms with Crippen LogP contribution in [0.15, 0.2) is 11.6 Å². The summed E-state index contributed by atoms with van der Waals surface area (Å²) in [5.41, 5.74) is 0.0719. The number of likely N-dealkylation sites (tertiary alicyclic amines) is 1. The lowest BCUT2D eigenvalue weighted by molar-refractivity contribution is -0.138. The molecular formula is C13H21N3OS. The third kappa shape index (κ3) is 2.74. The summed E-state index contributed by atoms with van der Waals surface area (Å²) < 4.78 is 6.13. The Hall–Kier alpha value is -0.490. The van der Waals surface area contributed by atoms with Gasteiger partial charge in [0.25, 0.3) is 0 Å². The average molecular weight is 267 g/mol. The molecule has 0 bridgehead atoms. The summed E-state index contributed by atoms with van der Waals surface area (Å²) >= 11 is 1.75. The number of aromatic nitrogens is 1. The van der Waals surface area contributed by atoms with Gasteiger partial charge in [-0.1, -0.05) is 0 Å². The van der Waals surface area contributed by atoms with Gasteiger partial charge in [-0.3, -0.25) is 4.90 Å². The Morgan fingerprint density at radius 1 is 1.44 bits per heavy atom. The van der Waals surface area contributed by atoms with E-state index in [1.54, 1.807) is 11.3 Å². The van der Waals surface area contributed by atoms with E-state index >= 15 is 0 Å². The van der Waals surface area contributed by atoms with E-state index in [9.17, 15) is 0 Å².